The number of benzene rings is 1. The molecule has 64 valence electrons. The molecule has 1 aromatic rings. The Bertz CT molecular complexity index is 339. The summed E-state index contributed by atoms with van der Waals surface area (Å²) in [5, 5.41) is 28.3. The van der Waals surface area contributed by atoms with E-state index in [0.717, 1.165) is 12.1 Å². The van der Waals surface area contributed by atoms with Crippen LogP contribution in [0.2, 0.25) is 0 Å². The summed E-state index contributed by atoms with van der Waals surface area (Å²) in [6.07, 6.45) is 0. The van der Waals surface area contributed by atoms with Gasteiger partial charge in [-0.05, 0) is 28.7 Å². The summed E-state index contributed by atoms with van der Waals surface area (Å²) >= 11 is 1.59. The molecule has 0 spiro atoms. The second-order valence-corrected chi connectivity index (χ2v) is 3.10. The summed E-state index contributed by atoms with van der Waals surface area (Å²) in [7, 11) is 0. The minimum absolute atomic E-state index is 0.0394. The van der Waals surface area contributed by atoms with E-state index in [4.69, 9.17) is 10.2 Å². The number of nitro benzene ring substituents is 1. The van der Waals surface area contributed by atoms with E-state index in [2.05, 4.69) is 0 Å². The molecule has 0 saturated carbocycles. The summed E-state index contributed by atoms with van der Waals surface area (Å²) in [6, 6.07) is 2.21. The highest BCUT2D eigenvalue weighted by Gasteiger charge is 2.17. The largest absolute Gasteiger partial charge is 0.504 e. The summed E-state index contributed by atoms with van der Waals surface area (Å²) in [5.41, 5.74) is -0.217. The second-order valence-electron chi connectivity index (χ2n) is 2.02. The van der Waals surface area contributed by atoms with E-state index >= 15 is 0 Å². The number of nitro groups is 1. The Balaban J connectivity index is 3.36. The van der Waals surface area contributed by atoms with E-state index in [1.807, 2.05) is 0 Å². The molecular weight excluding hydrogens is 277 g/mol. The van der Waals surface area contributed by atoms with Crippen molar-refractivity contribution in [1.29, 1.82) is 0 Å². The molecule has 0 saturated heterocycles. The smallest absolute Gasteiger partial charge is 0.286 e. The van der Waals surface area contributed by atoms with Crippen LogP contribution in [0.1, 0.15) is 0 Å². The van der Waals surface area contributed by atoms with Crippen LogP contribution >= 0.6 is 22.6 Å². The van der Waals surface area contributed by atoms with Crippen LogP contribution in [-0.2, 0) is 0 Å². The number of halogens is 1. The van der Waals surface area contributed by atoms with Gasteiger partial charge in [-0.3, -0.25) is 10.1 Å². The van der Waals surface area contributed by atoms with Crippen LogP contribution in [0, 0.1) is 13.7 Å². The van der Waals surface area contributed by atoms with E-state index in [-0.39, 0.29) is 15.0 Å². The number of nitrogens with zero attached hydrogens (tertiary/aromatic N) is 1. The van der Waals surface area contributed by atoms with Gasteiger partial charge in [0.05, 0.1) is 4.92 Å². The van der Waals surface area contributed by atoms with Gasteiger partial charge >= 0.3 is 0 Å². The molecule has 0 aliphatic carbocycles. The predicted octanol–water partition coefficient (Wildman–Crippen LogP) is 1.61. The Kier molecular flexibility index (Phi) is 2.36. The molecule has 2 N–H and O–H groups in total. The van der Waals surface area contributed by atoms with Crippen LogP contribution in [0.5, 0.6) is 11.5 Å². The van der Waals surface area contributed by atoms with Crippen LogP contribution in [0.25, 0.3) is 0 Å². The molecule has 0 radical (unpaired) electrons. The summed E-state index contributed by atoms with van der Waals surface area (Å²) in [5.74, 6) is -0.810. The van der Waals surface area contributed by atoms with E-state index in [1.165, 1.54) is 0 Å². The first kappa shape index (κ1) is 9.04. The number of hydrogen-bond donors (Lipinski definition) is 2. The highest BCUT2D eigenvalue weighted by Crippen LogP contribution is 2.35. The first-order chi connectivity index (χ1) is 5.54. The van der Waals surface area contributed by atoms with Crippen LogP contribution < -0.4 is 0 Å². The molecule has 0 unspecified atom stereocenters. The first-order valence-electron chi connectivity index (χ1n) is 2.89. The fourth-order valence-corrected chi connectivity index (χ4v) is 1.34. The van der Waals surface area contributed by atoms with Gasteiger partial charge in [-0.1, -0.05) is 0 Å². The molecule has 0 aliphatic rings. The molecule has 1 aromatic carbocycles. The third kappa shape index (κ3) is 1.42. The Morgan fingerprint density at radius 3 is 2.50 bits per heavy atom. The molecule has 12 heavy (non-hydrogen) atoms. The van der Waals surface area contributed by atoms with Gasteiger partial charge in [0, 0.05) is 6.07 Å². The first-order valence-corrected chi connectivity index (χ1v) is 3.96. The Labute approximate surface area is 80.9 Å². The van der Waals surface area contributed by atoms with E-state index < -0.39 is 10.7 Å². The van der Waals surface area contributed by atoms with Crippen LogP contribution in [-0.4, -0.2) is 15.1 Å². The summed E-state index contributed by atoms with van der Waals surface area (Å²) in [4.78, 5) is 9.67. The van der Waals surface area contributed by atoms with Crippen molar-refractivity contribution in [3.8, 4) is 11.5 Å². The SMILES string of the molecule is O=[N+]([O-])c1ccc(O)c(O)c1I. The maximum absolute atomic E-state index is 10.3. The molecule has 0 aromatic heterocycles. The number of phenolic OH excluding ortho intramolecular Hbond substituents is 2. The third-order valence-corrected chi connectivity index (χ3v) is 2.33. The Morgan fingerprint density at radius 1 is 1.42 bits per heavy atom. The van der Waals surface area contributed by atoms with Gasteiger partial charge in [0.15, 0.2) is 11.5 Å². The molecule has 0 amide bonds. The highest BCUT2D eigenvalue weighted by atomic mass is 127. The van der Waals surface area contributed by atoms with Gasteiger partial charge in [0.25, 0.3) is 5.69 Å². The fourth-order valence-electron chi connectivity index (χ4n) is 0.685. The van der Waals surface area contributed by atoms with Crippen molar-refractivity contribution in [2.75, 3.05) is 0 Å². The highest BCUT2D eigenvalue weighted by molar-refractivity contribution is 14.1. The Hall–Kier alpha value is -1.05. The molecule has 5 nitrogen and oxygen atoms in total. The van der Waals surface area contributed by atoms with E-state index in [0.29, 0.717) is 0 Å². The number of hydrogen-bond acceptors (Lipinski definition) is 4. The van der Waals surface area contributed by atoms with Crippen molar-refractivity contribution in [2.45, 2.75) is 0 Å². The van der Waals surface area contributed by atoms with Gasteiger partial charge in [-0.2, -0.15) is 0 Å². The zero-order chi connectivity index (χ0) is 9.30. The van der Waals surface area contributed by atoms with Crippen molar-refractivity contribution in [1.82, 2.24) is 0 Å². The van der Waals surface area contributed by atoms with Crippen LogP contribution in [0.3, 0.4) is 0 Å². The summed E-state index contributed by atoms with van der Waals surface area (Å²) < 4.78 is 0.0394. The molecule has 1 rings (SSSR count). The molecule has 0 atom stereocenters. The van der Waals surface area contributed by atoms with Gasteiger partial charge in [-0.15, -0.1) is 0 Å². The van der Waals surface area contributed by atoms with Crippen molar-refractivity contribution in [3.63, 3.8) is 0 Å². The van der Waals surface area contributed by atoms with Crippen molar-refractivity contribution >= 4 is 28.3 Å². The molecular formula is C6H4INO4. The van der Waals surface area contributed by atoms with Gasteiger partial charge in [-0.25, -0.2) is 0 Å². The van der Waals surface area contributed by atoms with E-state index in [1.54, 1.807) is 22.6 Å². The lowest BCUT2D eigenvalue weighted by molar-refractivity contribution is -0.385. The standard InChI is InChI=1S/C6H4INO4/c7-5-3(8(11)12)1-2-4(9)6(5)10/h1-2,9-10H. The minimum atomic E-state index is -0.624. The maximum Gasteiger partial charge on any atom is 0.286 e. The lowest BCUT2D eigenvalue weighted by atomic mass is 10.3. The zero-order valence-corrected chi connectivity index (χ0v) is 7.85. The molecule has 0 bridgehead atoms. The second kappa shape index (κ2) is 3.13. The average Bonchev–Trinajstić information content (AvgIpc) is 2.00. The number of rotatable bonds is 1. The monoisotopic (exact) mass is 281 g/mol. The van der Waals surface area contributed by atoms with Crippen molar-refractivity contribution in [3.05, 3.63) is 25.8 Å². The fraction of sp³-hybridized carbons (Fsp3) is 0. The van der Waals surface area contributed by atoms with Crippen molar-refractivity contribution in [2.24, 2.45) is 0 Å². The van der Waals surface area contributed by atoms with Gasteiger partial charge in [0.1, 0.15) is 3.57 Å². The number of aromatic hydroxyl groups is 2. The molecule has 0 heterocycles. The maximum atomic E-state index is 10.3. The van der Waals surface area contributed by atoms with Gasteiger partial charge in [0.2, 0.25) is 0 Å². The van der Waals surface area contributed by atoms with Gasteiger partial charge < -0.3 is 10.2 Å². The minimum Gasteiger partial charge on any atom is -0.504 e. The summed E-state index contributed by atoms with van der Waals surface area (Å²) in [6.45, 7) is 0. The lowest BCUT2D eigenvalue weighted by Gasteiger charge is -1.99. The van der Waals surface area contributed by atoms with E-state index in [9.17, 15) is 10.1 Å². The number of phenols is 2. The zero-order valence-electron chi connectivity index (χ0n) is 5.69. The molecule has 0 fully saturated rings. The third-order valence-electron chi connectivity index (χ3n) is 1.27. The quantitative estimate of drug-likeness (QED) is 0.354. The normalized spacial score (nSPS) is 9.75. The van der Waals surface area contributed by atoms with Crippen molar-refractivity contribution < 1.29 is 15.1 Å². The average molecular weight is 281 g/mol. The van der Waals surface area contributed by atoms with Crippen LogP contribution in [0.4, 0.5) is 5.69 Å². The lowest BCUT2D eigenvalue weighted by Crippen LogP contribution is -1.91. The Morgan fingerprint density at radius 2 is 2.00 bits per heavy atom. The molecule has 6 heteroatoms. The topological polar surface area (TPSA) is 83.6 Å². The molecule has 0 aliphatic heterocycles. The predicted molar refractivity (Wildman–Crippen MR) is 49.1 cm³/mol. The van der Waals surface area contributed by atoms with Crippen LogP contribution in [0.15, 0.2) is 12.1 Å².